The third kappa shape index (κ3) is 5.15. The van der Waals surface area contributed by atoms with Crippen LogP contribution in [0.5, 0.6) is 0 Å². The number of carbonyl (C=O) groups is 2. The van der Waals surface area contributed by atoms with Crippen LogP contribution in [-0.2, 0) is 22.6 Å². The van der Waals surface area contributed by atoms with E-state index >= 15 is 0 Å². The van der Waals surface area contributed by atoms with Gasteiger partial charge in [0.05, 0.1) is 13.0 Å². The highest BCUT2D eigenvalue weighted by Gasteiger charge is 2.19. The fourth-order valence-electron chi connectivity index (χ4n) is 2.88. The van der Waals surface area contributed by atoms with Crippen molar-refractivity contribution in [2.45, 2.75) is 19.0 Å². The summed E-state index contributed by atoms with van der Waals surface area (Å²) in [6, 6.07) is 22.2. The van der Waals surface area contributed by atoms with Gasteiger partial charge >= 0.3 is 0 Å². The van der Waals surface area contributed by atoms with Crippen LogP contribution >= 0.6 is 0 Å². The number of carbonyl (C=O) groups excluding carboxylic acids is 2. The second-order valence-corrected chi connectivity index (χ2v) is 6.36. The Kier molecular flexibility index (Phi) is 6.18. The summed E-state index contributed by atoms with van der Waals surface area (Å²) in [6.45, 7) is -0.110. The van der Waals surface area contributed by atoms with E-state index in [1.807, 2.05) is 72.8 Å². The van der Waals surface area contributed by atoms with Gasteiger partial charge in [0.15, 0.2) is 0 Å². The van der Waals surface area contributed by atoms with E-state index in [0.717, 1.165) is 21.9 Å². The molecule has 0 saturated carbocycles. The number of aliphatic hydroxyl groups excluding tert-OH is 1. The van der Waals surface area contributed by atoms with E-state index in [4.69, 9.17) is 0 Å². The minimum absolute atomic E-state index is 0.146. The first-order valence-corrected chi connectivity index (χ1v) is 8.85. The number of rotatable bonds is 7. The SMILES string of the molecule is O=C(Cc1ccc2ccccc2c1)NC(CO)C(=O)NCc1ccccc1. The van der Waals surface area contributed by atoms with Gasteiger partial charge in [0, 0.05) is 6.54 Å². The molecule has 5 heteroatoms. The van der Waals surface area contributed by atoms with Gasteiger partial charge < -0.3 is 15.7 Å². The molecule has 0 aromatic heterocycles. The maximum Gasteiger partial charge on any atom is 0.245 e. The fraction of sp³-hybridized carbons (Fsp3) is 0.182. The Morgan fingerprint density at radius 2 is 1.56 bits per heavy atom. The average Bonchev–Trinajstić information content (AvgIpc) is 2.71. The van der Waals surface area contributed by atoms with Crippen LogP contribution < -0.4 is 10.6 Å². The maximum absolute atomic E-state index is 12.3. The third-order valence-electron chi connectivity index (χ3n) is 4.32. The minimum Gasteiger partial charge on any atom is -0.394 e. The lowest BCUT2D eigenvalue weighted by Gasteiger charge is -2.16. The molecular weight excluding hydrogens is 340 g/mol. The van der Waals surface area contributed by atoms with Crippen molar-refractivity contribution in [3.63, 3.8) is 0 Å². The monoisotopic (exact) mass is 362 g/mol. The molecule has 0 radical (unpaired) electrons. The minimum atomic E-state index is -0.971. The van der Waals surface area contributed by atoms with Crippen molar-refractivity contribution in [3.8, 4) is 0 Å². The molecule has 0 aliphatic heterocycles. The van der Waals surface area contributed by atoms with E-state index < -0.39 is 18.6 Å². The van der Waals surface area contributed by atoms with E-state index in [2.05, 4.69) is 10.6 Å². The van der Waals surface area contributed by atoms with E-state index in [-0.39, 0.29) is 12.3 Å². The average molecular weight is 362 g/mol. The number of nitrogens with one attached hydrogen (secondary N) is 2. The number of amides is 2. The lowest BCUT2D eigenvalue weighted by molar-refractivity contribution is -0.129. The summed E-state index contributed by atoms with van der Waals surface area (Å²) in [4.78, 5) is 24.5. The van der Waals surface area contributed by atoms with Crippen LogP contribution in [0.1, 0.15) is 11.1 Å². The summed E-state index contributed by atoms with van der Waals surface area (Å²) < 4.78 is 0. The zero-order chi connectivity index (χ0) is 19.1. The van der Waals surface area contributed by atoms with Gasteiger partial charge in [-0.05, 0) is 21.9 Å². The van der Waals surface area contributed by atoms with Gasteiger partial charge in [0.2, 0.25) is 11.8 Å². The van der Waals surface area contributed by atoms with E-state index in [9.17, 15) is 14.7 Å². The van der Waals surface area contributed by atoms with Crippen LogP contribution in [0.25, 0.3) is 10.8 Å². The molecule has 2 amide bonds. The Labute approximate surface area is 158 Å². The molecule has 27 heavy (non-hydrogen) atoms. The van der Waals surface area contributed by atoms with Gasteiger partial charge in [-0.15, -0.1) is 0 Å². The summed E-state index contributed by atoms with van der Waals surface area (Å²) in [5.41, 5.74) is 1.80. The van der Waals surface area contributed by atoms with E-state index in [0.29, 0.717) is 6.54 Å². The molecule has 0 bridgehead atoms. The zero-order valence-electron chi connectivity index (χ0n) is 14.9. The van der Waals surface area contributed by atoms with Crippen molar-refractivity contribution in [1.82, 2.24) is 10.6 Å². The van der Waals surface area contributed by atoms with Crippen molar-refractivity contribution in [3.05, 3.63) is 83.9 Å². The van der Waals surface area contributed by atoms with Crippen molar-refractivity contribution >= 4 is 22.6 Å². The highest BCUT2D eigenvalue weighted by molar-refractivity contribution is 5.89. The van der Waals surface area contributed by atoms with Gasteiger partial charge in [-0.1, -0.05) is 72.8 Å². The molecule has 0 heterocycles. The van der Waals surface area contributed by atoms with E-state index in [1.54, 1.807) is 0 Å². The van der Waals surface area contributed by atoms with Gasteiger partial charge in [-0.25, -0.2) is 0 Å². The van der Waals surface area contributed by atoms with Crippen LogP contribution in [0, 0.1) is 0 Å². The maximum atomic E-state index is 12.3. The smallest absolute Gasteiger partial charge is 0.245 e. The lowest BCUT2D eigenvalue weighted by Crippen LogP contribution is -2.49. The molecular formula is C22H22N2O3. The van der Waals surface area contributed by atoms with Crippen molar-refractivity contribution in [2.75, 3.05) is 6.61 Å². The molecule has 0 aliphatic carbocycles. The molecule has 0 saturated heterocycles. The first kappa shape index (κ1) is 18.6. The summed E-state index contributed by atoms with van der Waals surface area (Å²) >= 11 is 0. The van der Waals surface area contributed by atoms with Crippen LogP contribution in [0.4, 0.5) is 0 Å². The highest BCUT2D eigenvalue weighted by Crippen LogP contribution is 2.16. The van der Waals surface area contributed by atoms with Crippen LogP contribution in [-0.4, -0.2) is 29.6 Å². The first-order valence-electron chi connectivity index (χ1n) is 8.85. The number of benzene rings is 3. The molecule has 3 aromatic carbocycles. The van der Waals surface area contributed by atoms with Crippen molar-refractivity contribution in [1.29, 1.82) is 0 Å². The molecule has 3 N–H and O–H groups in total. The summed E-state index contributed by atoms with van der Waals surface area (Å²) in [5.74, 6) is -0.715. The standard InChI is InChI=1S/C22H22N2O3/c25-15-20(22(27)23-14-16-6-2-1-3-7-16)24-21(26)13-17-10-11-18-8-4-5-9-19(18)12-17/h1-12,20,25H,13-15H2,(H,23,27)(H,24,26). The number of hydrogen-bond acceptors (Lipinski definition) is 3. The third-order valence-corrected chi connectivity index (χ3v) is 4.32. The molecule has 0 spiro atoms. The normalized spacial score (nSPS) is 11.7. The zero-order valence-corrected chi connectivity index (χ0v) is 14.9. The van der Waals surface area contributed by atoms with Crippen LogP contribution in [0.2, 0.25) is 0 Å². The quantitative estimate of drug-likeness (QED) is 0.603. The predicted octanol–water partition coefficient (Wildman–Crippen LogP) is 2.18. The number of fused-ring (bicyclic) bond motifs is 1. The first-order chi connectivity index (χ1) is 13.2. The topological polar surface area (TPSA) is 78.4 Å². The molecule has 3 rings (SSSR count). The summed E-state index contributed by atoms with van der Waals surface area (Å²) in [6.07, 6.45) is 0.146. The predicted molar refractivity (Wildman–Crippen MR) is 105 cm³/mol. The molecule has 5 nitrogen and oxygen atoms in total. The fourth-order valence-corrected chi connectivity index (χ4v) is 2.88. The Hall–Kier alpha value is -3.18. The van der Waals surface area contributed by atoms with Crippen LogP contribution in [0.3, 0.4) is 0 Å². The summed E-state index contributed by atoms with van der Waals surface area (Å²) in [7, 11) is 0. The van der Waals surface area contributed by atoms with E-state index in [1.165, 1.54) is 0 Å². The Balaban J connectivity index is 1.56. The second kappa shape index (κ2) is 8.96. The molecule has 0 fully saturated rings. The lowest BCUT2D eigenvalue weighted by atomic mass is 10.0. The largest absolute Gasteiger partial charge is 0.394 e. The van der Waals surface area contributed by atoms with Gasteiger partial charge in [0.25, 0.3) is 0 Å². The van der Waals surface area contributed by atoms with Crippen LogP contribution in [0.15, 0.2) is 72.8 Å². The van der Waals surface area contributed by atoms with Crippen molar-refractivity contribution in [2.24, 2.45) is 0 Å². The molecule has 1 unspecified atom stereocenters. The Morgan fingerprint density at radius 3 is 2.30 bits per heavy atom. The number of aliphatic hydroxyl groups is 1. The second-order valence-electron chi connectivity index (χ2n) is 6.36. The molecule has 0 aliphatic rings. The van der Waals surface area contributed by atoms with Gasteiger partial charge in [-0.3, -0.25) is 9.59 Å². The summed E-state index contributed by atoms with van der Waals surface area (Å²) in [5, 5.41) is 17.0. The Morgan fingerprint density at radius 1 is 0.852 bits per heavy atom. The van der Waals surface area contributed by atoms with Crippen molar-refractivity contribution < 1.29 is 14.7 Å². The molecule has 1 atom stereocenters. The van der Waals surface area contributed by atoms with Gasteiger partial charge in [-0.2, -0.15) is 0 Å². The molecule has 138 valence electrons. The Bertz CT molecular complexity index is 925. The highest BCUT2D eigenvalue weighted by atomic mass is 16.3. The molecule has 3 aromatic rings. The number of hydrogen-bond donors (Lipinski definition) is 3. The van der Waals surface area contributed by atoms with Gasteiger partial charge in [0.1, 0.15) is 6.04 Å².